The number of nitrogens with two attached hydrogens (primary N) is 2. The highest BCUT2D eigenvalue weighted by molar-refractivity contribution is 5.96. The molecule has 1 fully saturated rings. The minimum absolute atomic E-state index is 0.305. The van der Waals surface area contributed by atoms with Crippen molar-refractivity contribution in [1.29, 1.82) is 0 Å². The van der Waals surface area contributed by atoms with Crippen molar-refractivity contribution in [2.24, 2.45) is 5.73 Å². The van der Waals surface area contributed by atoms with Crippen LogP contribution in [0.2, 0.25) is 0 Å². The summed E-state index contributed by atoms with van der Waals surface area (Å²) in [5, 5.41) is 1.07. The van der Waals surface area contributed by atoms with Gasteiger partial charge in [0.1, 0.15) is 5.82 Å². The Morgan fingerprint density at radius 2 is 2.00 bits per heavy atom. The molecule has 0 spiro atoms. The van der Waals surface area contributed by atoms with Crippen LogP contribution < -0.4 is 16.4 Å². The van der Waals surface area contributed by atoms with E-state index in [2.05, 4.69) is 14.9 Å². The molecule has 0 saturated carbocycles. The maximum Gasteiger partial charge on any atom is 0.147 e. The van der Waals surface area contributed by atoms with Crippen LogP contribution in [0.15, 0.2) is 36.8 Å². The number of piperidine rings is 1. The number of nitrogens with zero attached hydrogens (tertiary/aromatic N) is 3. The van der Waals surface area contributed by atoms with Crippen LogP contribution in [0.3, 0.4) is 0 Å². The van der Waals surface area contributed by atoms with Gasteiger partial charge in [0.2, 0.25) is 0 Å². The second-order valence-electron chi connectivity index (χ2n) is 6.09. The van der Waals surface area contributed by atoms with E-state index in [0.29, 0.717) is 6.04 Å². The SMILES string of the molecule is Nc1ccc2[nH]cc(-c3cncc(N4CCC(N)CC4)n3)c2c1. The van der Waals surface area contributed by atoms with E-state index in [0.717, 1.165) is 59.6 Å². The normalized spacial score (nSPS) is 16.1. The van der Waals surface area contributed by atoms with Crippen LogP contribution in [0.25, 0.3) is 22.2 Å². The van der Waals surface area contributed by atoms with E-state index in [-0.39, 0.29) is 0 Å². The van der Waals surface area contributed by atoms with Gasteiger partial charge in [-0.2, -0.15) is 0 Å². The fraction of sp³-hybridized carbons (Fsp3) is 0.294. The molecule has 1 aliphatic heterocycles. The second-order valence-corrected chi connectivity index (χ2v) is 6.09. The minimum atomic E-state index is 0.305. The first-order chi connectivity index (χ1) is 11.2. The third-order valence-electron chi connectivity index (χ3n) is 4.47. The Bertz CT molecular complexity index is 832. The van der Waals surface area contributed by atoms with Crippen LogP contribution in [0.4, 0.5) is 11.5 Å². The number of hydrogen-bond acceptors (Lipinski definition) is 5. The summed E-state index contributed by atoms with van der Waals surface area (Å²) in [5.41, 5.74) is 15.6. The lowest BCUT2D eigenvalue weighted by Crippen LogP contribution is -2.40. The Balaban J connectivity index is 1.71. The monoisotopic (exact) mass is 308 g/mol. The van der Waals surface area contributed by atoms with Gasteiger partial charge < -0.3 is 21.4 Å². The largest absolute Gasteiger partial charge is 0.399 e. The Hall–Kier alpha value is -2.60. The molecule has 5 N–H and O–H groups in total. The van der Waals surface area contributed by atoms with Crippen molar-refractivity contribution in [2.45, 2.75) is 18.9 Å². The first-order valence-electron chi connectivity index (χ1n) is 7.90. The summed E-state index contributed by atoms with van der Waals surface area (Å²) in [6, 6.07) is 6.15. The van der Waals surface area contributed by atoms with Crippen LogP contribution in [-0.2, 0) is 0 Å². The van der Waals surface area contributed by atoms with Gasteiger partial charge in [-0.05, 0) is 31.0 Å². The van der Waals surface area contributed by atoms with Crippen molar-refractivity contribution < 1.29 is 0 Å². The van der Waals surface area contributed by atoms with E-state index in [1.165, 1.54) is 0 Å². The minimum Gasteiger partial charge on any atom is -0.399 e. The first-order valence-corrected chi connectivity index (χ1v) is 7.90. The van der Waals surface area contributed by atoms with E-state index in [4.69, 9.17) is 16.5 Å². The molecule has 3 heterocycles. The molecule has 2 aromatic heterocycles. The van der Waals surface area contributed by atoms with Gasteiger partial charge in [0.25, 0.3) is 0 Å². The van der Waals surface area contributed by atoms with Gasteiger partial charge in [-0.15, -0.1) is 0 Å². The maximum atomic E-state index is 5.98. The summed E-state index contributed by atoms with van der Waals surface area (Å²) >= 11 is 0. The molecule has 6 nitrogen and oxygen atoms in total. The first kappa shape index (κ1) is 14.0. The van der Waals surface area contributed by atoms with Crippen LogP contribution in [-0.4, -0.2) is 34.1 Å². The zero-order chi connectivity index (χ0) is 15.8. The average molecular weight is 308 g/mol. The molecule has 0 unspecified atom stereocenters. The molecule has 0 amide bonds. The summed E-state index contributed by atoms with van der Waals surface area (Å²) in [4.78, 5) is 14.7. The Kier molecular flexibility index (Phi) is 3.38. The highest BCUT2D eigenvalue weighted by atomic mass is 15.2. The van der Waals surface area contributed by atoms with Crippen molar-refractivity contribution >= 4 is 22.4 Å². The smallest absolute Gasteiger partial charge is 0.147 e. The number of rotatable bonds is 2. The zero-order valence-corrected chi connectivity index (χ0v) is 12.9. The molecule has 6 heteroatoms. The summed E-state index contributed by atoms with van der Waals surface area (Å²) in [6.45, 7) is 1.86. The number of nitrogens with one attached hydrogen (secondary N) is 1. The van der Waals surface area contributed by atoms with Gasteiger partial charge in [-0.1, -0.05) is 0 Å². The van der Waals surface area contributed by atoms with Gasteiger partial charge >= 0.3 is 0 Å². The van der Waals surface area contributed by atoms with E-state index in [9.17, 15) is 0 Å². The lowest BCUT2D eigenvalue weighted by Gasteiger charge is -2.30. The second kappa shape index (κ2) is 5.55. The molecule has 1 aromatic carbocycles. The van der Waals surface area contributed by atoms with E-state index < -0.39 is 0 Å². The summed E-state index contributed by atoms with van der Waals surface area (Å²) in [5.74, 6) is 0.910. The van der Waals surface area contributed by atoms with Gasteiger partial charge in [0, 0.05) is 47.5 Å². The highest BCUT2D eigenvalue weighted by Crippen LogP contribution is 2.29. The molecule has 1 aliphatic rings. The van der Waals surface area contributed by atoms with Crippen LogP contribution in [0.1, 0.15) is 12.8 Å². The van der Waals surface area contributed by atoms with Crippen molar-refractivity contribution in [1.82, 2.24) is 15.0 Å². The van der Waals surface area contributed by atoms with Crippen LogP contribution in [0.5, 0.6) is 0 Å². The van der Waals surface area contributed by atoms with Crippen molar-refractivity contribution in [2.75, 3.05) is 23.7 Å². The summed E-state index contributed by atoms with van der Waals surface area (Å²) in [7, 11) is 0. The molecule has 1 saturated heterocycles. The molecule has 0 aliphatic carbocycles. The standard InChI is InChI=1S/C17H20N6/c18-11-3-5-23(6-4-11)17-10-20-9-16(22-17)14-8-21-15-2-1-12(19)7-13(14)15/h1-2,7-11,21H,3-6,18-19H2. The molecule has 4 rings (SSSR count). The third kappa shape index (κ3) is 2.61. The van der Waals surface area contributed by atoms with Gasteiger partial charge in [-0.25, -0.2) is 4.98 Å². The van der Waals surface area contributed by atoms with Crippen molar-refractivity contribution in [3.8, 4) is 11.3 Å². The van der Waals surface area contributed by atoms with Crippen LogP contribution >= 0.6 is 0 Å². The fourth-order valence-electron chi connectivity index (χ4n) is 3.12. The molecule has 118 valence electrons. The fourth-order valence-corrected chi connectivity index (χ4v) is 3.12. The number of benzene rings is 1. The number of anilines is 2. The maximum absolute atomic E-state index is 5.98. The summed E-state index contributed by atoms with van der Waals surface area (Å²) in [6.07, 6.45) is 7.57. The van der Waals surface area contributed by atoms with Gasteiger partial charge in [0.05, 0.1) is 18.1 Å². The number of H-pyrrole nitrogens is 1. The third-order valence-corrected chi connectivity index (χ3v) is 4.47. The topological polar surface area (TPSA) is 96.9 Å². The molecule has 23 heavy (non-hydrogen) atoms. The van der Waals surface area contributed by atoms with Crippen LogP contribution in [0, 0.1) is 0 Å². The highest BCUT2D eigenvalue weighted by Gasteiger charge is 2.18. The lowest BCUT2D eigenvalue weighted by molar-refractivity contribution is 0.498. The van der Waals surface area contributed by atoms with E-state index in [1.807, 2.05) is 30.6 Å². The molecule has 0 radical (unpaired) electrons. The van der Waals surface area contributed by atoms with Gasteiger partial charge in [0.15, 0.2) is 0 Å². The van der Waals surface area contributed by atoms with E-state index in [1.54, 1.807) is 6.20 Å². The van der Waals surface area contributed by atoms with Crippen molar-refractivity contribution in [3.63, 3.8) is 0 Å². The molecular formula is C17H20N6. The predicted octanol–water partition coefficient (Wildman–Crippen LogP) is 2.13. The molecule has 3 aromatic rings. The van der Waals surface area contributed by atoms with E-state index >= 15 is 0 Å². The summed E-state index contributed by atoms with van der Waals surface area (Å²) < 4.78 is 0. The number of nitrogen functional groups attached to an aromatic ring is 1. The molecular weight excluding hydrogens is 288 g/mol. The number of hydrogen-bond donors (Lipinski definition) is 3. The number of aromatic amines is 1. The lowest BCUT2D eigenvalue weighted by atomic mass is 10.1. The zero-order valence-electron chi connectivity index (χ0n) is 12.9. The van der Waals surface area contributed by atoms with Gasteiger partial charge in [-0.3, -0.25) is 4.98 Å². The Morgan fingerprint density at radius 1 is 1.17 bits per heavy atom. The Labute approximate surface area is 134 Å². The Morgan fingerprint density at radius 3 is 2.83 bits per heavy atom. The molecule has 0 atom stereocenters. The van der Waals surface area contributed by atoms with Crippen molar-refractivity contribution in [3.05, 3.63) is 36.8 Å². The number of fused-ring (bicyclic) bond motifs is 1. The number of aromatic nitrogens is 3. The molecule has 0 bridgehead atoms. The quantitative estimate of drug-likeness (QED) is 0.630. The average Bonchev–Trinajstić information content (AvgIpc) is 2.98. The predicted molar refractivity (Wildman–Crippen MR) is 93.2 cm³/mol.